The van der Waals surface area contributed by atoms with E-state index in [4.69, 9.17) is 0 Å². The number of carbonyl (C=O) groups excluding carboxylic acids is 1. The van der Waals surface area contributed by atoms with Crippen LogP contribution in [-0.4, -0.2) is 11.0 Å². The topological polar surface area (TPSA) is 36.4 Å². The van der Waals surface area contributed by atoms with Crippen LogP contribution in [0.15, 0.2) is 53.6 Å². The summed E-state index contributed by atoms with van der Waals surface area (Å²) < 4.78 is 43.2. The van der Waals surface area contributed by atoms with E-state index in [-0.39, 0.29) is 0 Å². The minimum atomic E-state index is -1.05. The van der Waals surface area contributed by atoms with E-state index >= 15 is 0 Å². The number of aryl methyl sites for hydroxylation is 2. The van der Waals surface area contributed by atoms with E-state index in [0.29, 0.717) is 28.5 Å². The van der Waals surface area contributed by atoms with Gasteiger partial charge in [0, 0.05) is 35.8 Å². The standard InChI is InChI=1S/C21H16F3N3OS/c1-12-6-13(2)8-15(7-12)27-21(28)26(20-19(29-27)4-3-5-25-20)11-16-17(23)9-14(22)10-18(16)24/h3-10H,11H2,1-2H3. The Morgan fingerprint density at radius 1 is 1.00 bits per heavy atom. The SMILES string of the molecule is Cc1cc(C)cc(N2Sc3cccnc3N(Cc3c(F)cc(F)cc3F)C2=O)c1. The summed E-state index contributed by atoms with van der Waals surface area (Å²) in [6, 6.07) is 9.91. The summed E-state index contributed by atoms with van der Waals surface area (Å²) in [6.07, 6.45) is 1.50. The zero-order valence-electron chi connectivity index (χ0n) is 15.6. The molecule has 2 amide bonds. The largest absolute Gasteiger partial charge is 0.341 e. The molecule has 0 atom stereocenters. The highest BCUT2D eigenvalue weighted by Crippen LogP contribution is 2.41. The summed E-state index contributed by atoms with van der Waals surface area (Å²) in [6.45, 7) is 3.43. The highest BCUT2D eigenvalue weighted by molar-refractivity contribution is 8.01. The van der Waals surface area contributed by atoms with Crippen molar-refractivity contribution < 1.29 is 18.0 Å². The van der Waals surface area contributed by atoms with Crippen LogP contribution in [0.25, 0.3) is 0 Å². The molecule has 2 aromatic carbocycles. The molecule has 29 heavy (non-hydrogen) atoms. The van der Waals surface area contributed by atoms with Crippen molar-refractivity contribution in [3.05, 3.63) is 82.8 Å². The Morgan fingerprint density at radius 3 is 2.31 bits per heavy atom. The van der Waals surface area contributed by atoms with Gasteiger partial charge < -0.3 is 0 Å². The molecule has 0 bridgehead atoms. The molecule has 0 spiro atoms. The minimum Gasteiger partial charge on any atom is -0.272 e. The molecule has 0 saturated carbocycles. The predicted octanol–water partition coefficient (Wildman–Crippen LogP) is 5.77. The van der Waals surface area contributed by atoms with Gasteiger partial charge in [0.15, 0.2) is 5.82 Å². The average Bonchev–Trinajstić information content (AvgIpc) is 2.64. The lowest BCUT2D eigenvalue weighted by atomic mass is 10.1. The molecular weight excluding hydrogens is 399 g/mol. The third kappa shape index (κ3) is 3.67. The summed E-state index contributed by atoms with van der Waals surface area (Å²) in [7, 11) is 0. The lowest BCUT2D eigenvalue weighted by Crippen LogP contribution is -2.43. The van der Waals surface area contributed by atoms with Gasteiger partial charge in [0.1, 0.15) is 17.5 Å². The molecule has 8 heteroatoms. The number of fused-ring (bicyclic) bond motifs is 1. The number of rotatable bonds is 3. The lowest BCUT2D eigenvalue weighted by molar-refractivity contribution is 0.254. The van der Waals surface area contributed by atoms with Crippen LogP contribution in [0.1, 0.15) is 16.7 Å². The third-order valence-corrected chi connectivity index (χ3v) is 5.53. The van der Waals surface area contributed by atoms with Crippen molar-refractivity contribution in [3.63, 3.8) is 0 Å². The first-order chi connectivity index (χ1) is 13.8. The van der Waals surface area contributed by atoms with E-state index in [1.807, 2.05) is 32.0 Å². The maximum Gasteiger partial charge on any atom is 0.341 e. The Hall–Kier alpha value is -3.00. The molecule has 2 heterocycles. The average molecular weight is 415 g/mol. The highest BCUT2D eigenvalue weighted by Gasteiger charge is 2.34. The summed E-state index contributed by atoms with van der Waals surface area (Å²) in [5.74, 6) is -2.82. The highest BCUT2D eigenvalue weighted by atomic mass is 32.2. The van der Waals surface area contributed by atoms with Crippen molar-refractivity contribution in [2.45, 2.75) is 25.3 Å². The van der Waals surface area contributed by atoms with Crippen molar-refractivity contribution in [1.82, 2.24) is 4.98 Å². The number of carbonyl (C=O) groups is 1. The second-order valence-electron chi connectivity index (χ2n) is 6.77. The lowest BCUT2D eigenvalue weighted by Gasteiger charge is -2.35. The number of hydrogen-bond acceptors (Lipinski definition) is 3. The Labute approximate surface area is 170 Å². The van der Waals surface area contributed by atoms with E-state index in [9.17, 15) is 18.0 Å². The van der Waals surface area contributed by atoms with Gasteiger partial charge in [-0.05, 0) is 49.2 Å². The fraction of sp³-hybridized carbons (Fsp3) is 0.143. The van der Waals surface area contributed by atoms with E-state index < -0.39 is 35.6 Å². The van der Waals surface area contributed by atoms with Crippen molar-refractivity contribution in [2.75, 3.05) is 9.21 Å². The summed E-state index contributed by atoms with van der Waals surface area (Å²) in [4.78, 5) is 19.4. The van der Waals surface area contributed by atoms with E-state index in [1.165, 1.54) is 27.3 Å². The Balaban J connectivity index is 1.79. The number of hydrogen-bond donors (Lipinski definition) is 0. The molecule has 0 unspecified atom stereocenters. The number of anilines is 2. The monoisotopic (exact) mass is 415 g/mol. The van der Waals surface area contributed by atoms with E-state index in [0.717, 1.165) is 11.1 Å². The first-order valence-electron chi connectivity index (χ1n) is 8.80. The van der Waals surface area contributed by atoms with Gasteiger partial charge in [0.05, 0.1) is 17.1 Å². The normalized spacial score (nSPS) is 13.6. The molecule has 3 aromatic rings. The molecule has 0 radical (unpaired) electrons. The summed E-state index contributed by atoms with van der Waals surface area (Å²) in [5.41, 5.74) is 2.21. The van der Waals surface area contributed by atoms with Crippen LogP contribution in [0.5, 0.6) is 0 Å². The Morgan fingerprint density at radius 2 is 1.66 bits per heavy atom. The second-order valence-corrected chi connectivity index (χ2v) is 7.76. The molecule has 0 saturated heterocycles. The molecule has 148 valence electrons. The van der Waals surface area contributed by atoms with E-state index in [2.05, 4.69) is 4.98 Å². The smallest absolute Gasteiger partial charge is 0.272 e. The van der Waals surface area contributed by atoms with Crippen molar-refractivity contribution >= 4 is 29.5 Å². The number of aromatic nitrogens is 1. The number of urea groups is 1. The number of nitrogens with zero attached hydrogens (tertiary/aromatic N) is 3. The number of halogens is 3. The Bertz CT molecular complexity index is 1080. The van der Waals surface area contributed by atoms with Gasteiger partial charge in [-0.2, -0.15) is 0 Å². The first kappa shape index (κ1) is 19.3. The van der Waals surface area contributed by atoms with Crippen LogP contribution >= 0.6 is 11.9 Å². The zero-order chi connectivity index (χ0) is 20.7. The number of benzene rings is 2. The molecule has 0 aliphatic carbocycles. The zero-order valence-corrected chi connectivity index (χ0v) is 16.4. The van der Waals surface area contributed by atoms with Crippen molar-refractivity contribution in [1.29, 1.82) is 0 Å². The molecule has 1 aliphatic heterocycles. The maximum atomic E-state index is 14.2. The van der Waals surface area contributed by atoms with E-state index in [1.54, 1.807) is 12.1 Å². The molecule has 1 aliphatic rings. The fourth-order valence-corrected chi connectivity index (χ4v) is 4.22. The van der Waals surface area contributed by atoms with Gasteiger partial charge in [-0.1, -0.05) is 6.07 Å². The van der Waals surface area contributed by atoms with Crippen LogP contribution in [0, 0.1) is 31.3 Å². The molecule has 4 rings (SSSR count). The van der Waals surface area contributed by atoms with Gasteiger partial charge >= 0.3 is 6.03 Å². The van der Waals surface area contributed by atoms with Crippen LogP contribution in [0.4, 0.5) is 29.5 Å². The molecule has 1 aromatic heterocycles. The minimum absolute atomic E-state index is 0.297. The predicted molar refractivity (Wildman–Crippen MR) is 106 cm³/mol. The first-order valence-corrected chi connectivity index (χ1v) is 9.57. The second kappa shape index (κ2) is 7.44. The van der Waals surface area contributed by atoms with Gasteiger partial charge in [-0.25, -0.2) is 27.3 Å². The number of pyridine rings is 1. The summed E-state index contributed by atoms with van der Waals surface area (Å²) >= 11 is 1.19. The number of amides is 2. The molecular formula is C21H16F3N3OS. The quantitative estimate of drug-likeness (QED) is 0.510. The third-order valence-electron chi connectivity index (χ3n) is 4.46. The van der Waals surface area contributed by atoms with Gasteiger partial charge in [0.2, 0.25) is 0 Å². The van der Waals surface area contributed by atoms with Crippen molar-refractivity contribution in [2.24, 2.45) is 0 Å². The van der Waals surface area contributed by atoms with Gasteiger partial charge in [-0.3, -0.25) is 4.90 Å². The van der Waals surface area contributed by atoms with Crippen molar-refractivity contribution in [3.8, 4) is 0 Å². The fourth-order valence-electron chi connectivity index (χ4n) is 3.25. The molecule has 0 N–H and O–H groups in total. The molecule has 4 nitrogen and oxygen atoms in total. The van der Waals surface area contributed by atoms with Crippen LogP contribution in [0.3, 0.4) is 0 Å². The molecule has 0 fully saturated rings. The van der Waals surface area contributed by atoms with Crippen LogP contribution in [0.2, 0.25) is 0 Å². The maximum absolute atomic E-state index is 14.2. The summed E-state index contributed by atoms with van der Waals surface area (Å²) in [5, 5.41) is 0. The van der Waals surface area contributed by atoms with Crippen LogP contribution in [-0.2, 0) is 6.54 Å². The van der Waals surface area contributed by atoms with Crippen LogP contribution < -0.4 is 9.21 Å². The van der Waals surface area contributed by atoms with Gasteiger partial charge in [-0.15, -0.1) is 0 Å². The van der Waals surface area contributed by atoms with Gasteiger partial charge in [0.25, 0.3) is 0 Å². The Kier molecular flexibility index (Phi) is 4.96.